The number of benzene rings is 1. The zero-order chi connectivity index (χ0) is 26.8. The molecule has 0 saturated carbocycles. The van der Waals surface area contributed by atoms with Crippen molar-refractivity contribution >= 4 is 12.0 Å². The molecule has 0 amide bonds. The van der Waals surface area contributed by atoms with Gasteiger partial charge in [0.25, 0.3) is 0 Å². The predicted octanol–water partition coefficient (Wildman–Crippen LogP) is 0.00820. The molecule has 7 atom stereocenters. The van der Waals surface area contributed by atoms with Crippen LogP contribution in [0.3, 0.4) is 0 Å². The van der Waals surface area contributed by atoms with Gasteiger partial charge in [-0.1, -0.05) is 12.2 Å². The Bertz CT molecular complexity index is 954. The Balaban J connectivity index is 1.97. The molecule has 0 bridgehead atoms. The second-order valence-electron chi connectivity index (χ2n) is 10.0. The summed E-state index contributed by atoms with van der Waals surface area (Å²) in [5.74, 6) is -0.728. The average Bonchev–Trinajstić information content (AvgIpc) is 3.22. The fraction of sp³-hybridized carbons (Fsp3) is 0.640. The van der Waals surface area contributed by atoms with Gasteiger partial charge in [-0.25, -0.2) is 0 Å². The first-order chi connectivity index (χ1) is 16.8. The Morgan fingerprint density at radius 2 is 1.92 bits per heavy atom. The number of aromatic hydroxyl groups is 1. The number of hydrogen-bond donors (Lipinski definition) is 6. The van der Waals surface area contributed by atoms with E-state index in [2.05, 4.69) is 0 Å². The summed E-state index contributed by atoms with van der Waals surface area (Å²) in [7, 11) is 1.21. The summed E-state index contributed by atoms with van der Waals surface area (Å²) in [5.41, 5.74) is -1.24. The molecule has 11 nitrogen and oxygen atoms in total. The largest absolute Gasteiger partial charge is 0.508 e. The number of phenols is 1. The summed E-state index contributed by atoms with van der Waals surface area (Å²) in [5, 5.41) is 60.8. The number of esters is 1. The Morgan fingerprint density at radius 3 is 2.50 bits per heavy atom. The van der Waals surface area contributed by atoms with E-state index in [9.17, 15) is 35.4 Å². The van der Waals surface area contributed by atoms with Gasteiger partial charge in [0, 0.05) is 11.1 Å². The number of carbonyl (C=O) groups is 1. The third-order valence-corrected chi connectivity index (χ3v) is 6.54. The van der Waals surface area contributed by atoms with Gasteiger partial charge in [-0.15, -0.1) is 0 Å². The summed E-state index contributed by atoms with van der Waals surface area (Å²) < 4.78 is 22.2. The molecule has 11 heteroatoms. The molecule has 3 rings (SSSR count). The first-order valence-corrected chi connectivity index (χ1v) is 11.8. The van der Waals surface area contributed by atoms with Crippen molar-refractivity contribution in [2.75, 3.05) is 13.7 Å². The van der Waals surface area contributed by atoms with E-state index in [1.165, 1.54) is 19.2 Å². The SMILES string of the molecule is COC(=O)Cc1cc(O)cc(/C=C/[C@]2(C)CC[C@@H](C(C)(C)O)O2)c1O[C@@H]1O[C@H](CO)[C@@H](O)[C@H](O)[C@H]1O. The fourth-order valence-electron chi connectivity index (χ4n) is 4.35. The minimum atomic E-state index is -1.68. The van der Waals surface area contributed by atoms with E-state index in [1.807, 2.05) is 6.92 Å². The maximum absolute atomic E-state index is 12.0. The summed E-state index contributed by atoms with van der Waals surface area (Å²) in [4.78, 5) is 12.0. The number of aliphatic hydroxyl groups is 5. The average molecular weight is 513 g/mol. The van der Waals surface area contributed by atoms with Gasteiger partial charge in [0.15, 0.2) is 0 Å². The van der Waals surface area contributed by atoms with Crippen molar-refractivity contribution in [3.63, 3.8) is 0 Å². The van der Waals surface area contributed by atoms with Gasteiger partial charge >= 0.3 is 5.97 Å². The number of methoxy groups -OCH3 is 1. The van der Waals surface area contributed by atoms with E-state index < -0.39 is 54.5 Å². The number of phenolic OH excluding ortho intramolecular Hbond substituents is 1. The smallest absolute Gasteiger partial charge is 0.310 e. The lowest BCUT2D eigenvalue weighted by atomic mass is 9.96. The molecule has 6 N–H and O–H groups in total. The number of rotatable bonds is 8. The number of hydrogen-bond acceptors (Lipinski definition) is 11. The van der Waals surface area contributed by atoms with Crippen LogP contribution < -0.4 is 4.74 Å². The molecule has 1 aromatic carbocycles. The molecule has 2 saturated heterocycles. The second-order valence-corrected chi connectivity index (χ2v) is 10.0. The van der Waals surface area contributed by atoms with Crippen LogP contribution in [0.25, 0.3) is 6.08 Å². The Kier molecular flexibility index (Phi) is 8.67. The van der Waals surface area contributed by atoms with Crippen LogP contribution >= 0.6 is 0 Å². The molecule has 2 aliphatic rings. The number of carbonyl (C=O) groups excluding carboxylic acids is 1. The highest BCUT2D eigenvalue weighted by atomic mass is 16.7. The zero-order valence-corrected chi connectivity index (χ0v) is 20.8. The normalized spacial score (nSPS) is 33.1. The summed E-state index contributed by atoms with van der Waals surface area (Å²) in [6.07, 6.45) is -3.66. The van der Waals surface area contributed by atoms with Gasteiger partial charge in [-0.2, -0.15) is 0 Å². The van der Waals surface area contributed by atoms with Crippen molar-refractivity contribution in [1.82, 2.24) is 0 Å². The minimum Gasteiger partial charge on any atom is -0.508 e. The molecule has 0 aliphatic carbocycles. The summed E-state index contributed by atoms with van der Waals surface area (Å²) in [6.45, 7) is 4.56. The van der Waals surface area contributed by atoms with Crippen LogP contribution in [-0.4, -0.2) is 98.3 Å². The molecule has 0 spiro atoms. The Hall–Kier alpha value is -2.25. The van der Waals surface area contributed by atoms with Gasteiger partial charge in [0.2, 0.25) is 6.29 Å². The number of ether oxygens (including phenoxy) is 4. The lowest BCUT2D eigenvalue weighted by Crippen LogP contribution is -2.60. The molecule has 36 heavy (non-hydrogen) atoms. The van der Waals surface area contributed by atoms with Gasteiger partial charge in [-0.3, -0.25) is 4.79 Å². The van der Waals surface area contributed by atoms with Crippen molar-refractivity contribution in [2.24, 2.45) is 0 Å². The molecule has 1 aromatic rings. The van der Waals surface area contributed by atoms with E-state index in [-0.39, 0.29) is 29.6 Å². The summed E-state index contributed by atoms with van der Waals surface area (Å²) >= 11 is 0. The molecule has 202 valence electrons. The summed E-state index contributed by atoms with van der Waals surface area (Å²) in [6, 6.07) is 2.67. The maximum Gasteiger partial charge on any atom is 0.310 e. The van der Waals surface area contributed by atoms with Gasteiger partial charge < -0.3 is 49.6 Å². The lowest BCUT2D eigenvalue weighted by molar-refractivity contribution is -0.277. The molecular formula is C25H36O11. The highest BCUT2D eigenvalue weighted by Gasteiger charge is 2.45. The Morgan fingerprint density at radius 1 is 1.22 bits per heavy atom. The molecule has 0 aromatic heterocycles. The molecule has 2 aliphatic heterocycles. The van der Waals surface area contributed by atoms with Crippen molar-refractivity contribution in [3.05, 3.63) is 29.3 Å². The van der Waals surface area contributed by atoms with Gasteiger partial charge in [-0.05, 0) is 45.7 Å². The van der Waals surface area contributed by atoms with Gasteiger partial charge in [0.1, 0.15) is 35.9 Å². The standard InChI is InChI=1S/C25H36O11/c1-24(2,32)17-6-8-25(3,36-17)7-5-13-9-15(27)10-14(11-18(28)33-4)22(13)35-23-21(31)20(30)19(29)16(12-26)34-23/h5,7,9-10,16-17,19-21,23,26-27,29-32H,6,8,11-12H2,1-4H3/b7-5+/t16-,17+,19-,20+,21-,23+,25-/m1/s1. The predicted molar refractivity (Wildman–Crippen MR) is 126 cm³/mol. The van der Waals surface area contributed by atoms with E-state index in [4.69, 9.17) is 18.9 Å². The second kappa shape index (κ2) is 11.0. The van der Waals surface area contributed by atoms with Crippen LogP contribution in [0.4, 0.5) is 0 Å². The topological polar surface area (TPSA) is 175 Å². The first kappa shape index (κ1) is 28.3. The van der Waals surface area contributed by atoms with Crippen LogP contribution in [-0.2, 0) is 25.4 Å². The van der Waals surface area contributed by atoms with Crippen LogP contribution in [0, 0.1) is 0 Å². The minimum absolute atomic E-state index is 0.0550. The van der Waals surface area contributed by atoms with Crippen molar-refractivity contribution in [1.29, 1.82) is 0 Å². The third kappa shape index (κ3) is 6.35. The molecule has 0 unspecified atom stereocenters. The lowest BCUT2D eigenvalue weighted by Gasteiger charge is -2.40. The highest BCUT2D eigenvalue weighted by molar-refractivity contribution is 5.75. The highest BCUT2D eigenvalue weighted by Crippen LogP contribution is 2.39. The quantitative estimate of drug-likeness (QED) is 0.259. The van der Waals surface area contributed by atoms with Crippen molar-refractivity contribution in [3.8, 4) is 11.5 Å². The van der Waals surface area contributed by atoms with Crippen molar-refractivity contribution in [2.45, 2.75) is 88.0 Å². The fourth-order valence-corrected chi connectivity index (χ4v) is 4.35. The van der Waals surface area contributed by atoms with Crippen LogP contribution in [0.15, 0.2) is 18.2 Å². The van der Waals surface area contributed by atoms with E-state index in [1.54, 1.807) is 26.0 Å². The number of aliphatic hydroxyl groups excluding tert-OH is 4. The van der Waals surface area contributed by atoms with Gasteiger partial charge in [0.05, 0.1) is 37.4 Å². The van der Waals surface area contributed by atoms with E-state index >= 15 is 0 Å². The first-order valence-electron chi connectivity index (χ1n) is 11.8. The van der Waals surface area contributed by atoms with Crippen molar-refractivity contribution < 1.29 is 54.4 Å². The van der Waals surface area contributed by atoms with Crippen LogP contribution in [0.1, 0.15) is 44.7 Å². The maximum atomic E-state index is 12.0. The van der Waals surface area contributed by atoms with E-state index in [0.717, 1.165) is 0 Å². The Labute approximate surface area is 209 Å². The molecule has 2 heterocycles. The van der Waals surface area contributed by atoms with E-state index in [0.29, 0.717) is 18.4 Å². The zero-order valence-electron chi connectivity index (χ0n) is 20.8. The monoisotopic (exact) mass is 512 g/mol. The van der Waals surface area contributed by atoms with Crippen LogP contribution in [0.5, 0.6) is 11.5 Å². The molecular weight excluding hydrogens is 476 g/mol. The van der Waals surface area contributed by atoms with Crippen LogP contribution in [0.2, 0.25) is 0 Å². The molecule has 0 radical (unpaired) electrons. The molecule has 2 fully saturated rings. The third-order valence-electron chi connectivity index (χ3n) is 6.54.